The number of fused-ring (bicyclic) bond motifs is 1. The summed E-state index contributed by atoms with van der Waals surface area (Å²) in [5.41, 5.74) is 6.99. The first-order valence-corrected chi connectivity index (χ1v) is 12.2. The van der Waals surface area contributed by atoms with Crippen molar-refractivity contribution in [2.24, 2.45) is 0 Å². The van der Waals surface area contributed by atoms with E-state index in [-0.39, 0.29) is 5.91 Å². The van der Waals surface area contributed by atoms with E-state index in [4.69, 9.17) is 0 Å². The highest BCUT2D eigenvalue weighted by molar-refractivity contribution is 5.89. The number of rotatable bonds is 6. The van der Waals surface area contributed by atoms with Gasteiger partial charge in [0.15, 0.2) is 5.65 Å². The van der Waals surface area contributed by atoms with Crippen molar-refractivity contribution in [3.8, 4) is 11.3 Å². The average molecular weight is 469 g/mol. The lowest BCUT2D eigenvalue weighted by Gasteiger charge is -2.38. The highest BCUT2D eigenvalue weighted by Crippen LogP contribution is 2.29. The summed E-state index contributed by atoms with van der Waals surface area (Å²) in [5, 5.41) is 6.35. The maximum Gasteiger partial charge on any atom is 0.221 e. The highest BCUT2D eigenvalue weighted by atomic mass is 16.1. The smallest absolute Gasteiger partial charge is 0.221 e. The molecule has 1 fully saturated rings. The Morgan fingerprint density at radius 2 is 1.57 bits per heavy atom. The molecule has 0 radical (unpaired) electrons. The van der Waals surface area contributed by atoms with Gasteiger partial charge >= 0.3 is 0 Å². The summed E-state index contributed by atoms with van der Waals surface area (Å²) in [5.74, 6) is -0.0769. The van der Waals surface area contributed by atoms with Crippen LogP contribution in [0.25, 0.3) is 16.9 Å². The van der Waals surface area contributed by atoms with Gasteiger partial charge in [-0.1, -0.05) is 12.1 Å². The van der Waals surface area contributed by atoms with Crippen molar-refractivity contribution >= 4 is 34.3 Å². The number of anilines is 4. The molecule has 2 N–H and O–H groups in total. The Kier molecular flexibility index (Phi) is 6.42. The van der Waals surface area contributed by atoms with E-state index >= 15 is 0 Å². The molecule has 1 aliphatic rings. The van der Waals surface area contributed by atoms with Crippen LogP contribution in [0.2, 0.25) is 0 Å². The van der Waals surface area contributed by atoms with Crippen LogP contribution in [0.15, 0.2) is 73.1 Å². The summed E-state index contributed by atoms with van der Waals surface area (Å²) < 4.78 is 2.08. The van der Waals surface area contributed by atoms with Crippen molar-refractivity contribution in [3.05, 3.63) is 73.1 Å². The third-order valence-electron chi connectivity index (χ3n) is 6.61. The van der Waals surface area contributed by atoms with Crippen molar-refractivity contribution in [3.63, 3.8) is 0 Å². The van der Waals surface area contributed by atoms with Crippen LogP contribution in [0, 0.1) is 0 Å². The molecule has 7 heteroatoms. The highest BCUT2D eigenvalue weighted by Gasteiger charge is 2.19. The maximum absolute atomic E-state index is 11.3. The number of aromatic nitrogens is 2. The van der Waals surface area contributed by atoms with Crippen LogP contribution >= 0.6 is 0 Å². The van der Waals surface area contributed by atoms with Gasteiger partial charge in [0, 0.05) is 68.6 Å². The SMILES string of the molecule is CC(=O)Nc1ccc(-c2ccc(Nc3ccc(N4CCN(C(C)C)CC4)cc3)c3nccn23)cc1. The van der Waals surface area contributed by atoms with Gasteiger partial charge in [-0.05, 0) is 67.9 Å². The molecule has 0 unspecified atom stereocenters. The molecule has 0 aliphatic carbocycles. The van der Waals surface area contributed by atoms with E-state index in [1.807, 2.05) is 36.7 Å². The van der Waals surface area contributed by atoms with E-state index in [9.17, 15) is 4.79 Å². The van der Waals surface area contributed by atoms with Crippen LogP contribution in [0.3, 0.4) is 0 Å². The van der Waals surface area contributed by atoms with E-state index in [2.05, 4.69) is 80.1 Å². The molecule has 0 saturated carbocycles. The third-order valence-corrected chi connectivity index (χ3v) is 6.61. The van der Waals surface area contributed by atoms with Gasteiger partial charge in [-0.2, -0.15) is 0 Å². The van der Waals surface area contributed by atoms with E-state index in [0.29, 0.717) is 6.04 Å². The number of nitrogens with zero attached hydrogens (tertiary/aromatic N) is 4. The number of carbonyl (C=O) groups is 1. The van der Waals surface area contributed by atoms with Crippen molar-refractivity contribution in [1.29, 1.82) is 0 Å². The number of carbonyl (C=O) groups excluding carboxylic acids is 1. The summed E-state index contributed by atoms with van der Waals surface area (Å²) in [4.78, 5) is 20.9. The second-order valence-electron chi connectivity index (χ2n) is 9.30. The van der Waals surface area contributed by atoms with Crippen LogP contribution in [-0.4, -0.2) is 52.4 Å². The second kappa shape index (κ2) is 9.80. The summed E-state index contributed by atoms with van der Waals surface area (Å²) >= 11 is 0. The Morgan fingerprint density at radius 3 is 2.23 bits per heavy atom. The standard InChI is InChI=1S/C28H32N6O/c1-20(2)32-16-18-33(19-17-32)25-10-8-24(9-11-25)31-26-12-13-27(34-15-14-29-28(26)34)22-4-6-23(7-5-22)30-21(3)35/h4-15,20,31H,16-19H2,1-3H3,(H,30,35). The molecular weight excluding hydrogens is 436 g/mol. The number of amides is 1. The minimum Gasteiger partial charge on any atom is -0.369 e. The normalized spacial score (nSPS) is 14.5. The predicted molar refractivity (Wildman–Crippen MR) is 144 cm³/mol. The zero-order valence-electron chi connectivity index (χ0n) is 20.5. The Morgan fingerprint density at radius 1 is 0.886 bits per heavy atom. The molecule has 2 aromatic heterocycles. The molecule has 0 bridgehead atoms. The molecule has 0 spiro atoms. The van der Waals surface area contributed by atoms with Crippen molar-refractivity contribution in [1.82, 2.24) is 14.3 Å². The Hall–Kier alpha value is -3.84. The second-order valence-corrected chi connectivity index (χ2v) is 9.30. The largest absolute Gasteiger partial charge is 0.369 e. The molecular formula is C28H32N6O. The minimum absolute atomic E-state index is 0.0769. The first kappa shape index (κ1) is 22.9. The molecule has 0 atom stereocenters. The van der Waals surface area contributed by atoms with Gasteiger partial charge in [-0.3, -0.25) is 14.1 Å². The Bertz CT molecular complexity index is 1300. The van der Waals surface area contributed by atoms with Gasteiger partial charge in [-0.15, -0.1) is 0 Å². The number of nitrogens with one attached hydrogen (secondary N) is 2. The van der Waals surface area contributed by atoms with Crippen molar-refractivity contribution in [2.75, 3.05) is 41.7 Å². The molecule has 35 heavy (non-hydrogen) atoms. The van der Waals surface area contributed by atoms with Crippen LogP contribution in [0.1, 0.15) is 20.8 Å². The molecule has 7 nitrogen and oxygen atoms in total. The van der Waals surface area contributed by atoms with Gasteiger partial charge < -0.3 is 15.5 Å². The van der Waals surface area contributed by atoms with Gasteiger partial charge in [0.1, 0.15) is 0 Å². The Balaban J connectivity index is 1.32. The monoisotopic (exact) mass is 468 g/mol. The summed E-state index contributed by atoms with van der Waals surface area (Å²) in [7, 11) is 0. The molecule has 1 saturated heterocycles. The molecule has 5 rings (SSSR count). The fraction of sp³-hybridized carbons (Fsp3) is 0.286. The predicted octanol–water partition coefficient (Wildman–Crippen LogP) is 5.23. The first-order valence-electron chi connectivity index (χ1n) is 12.2. The topological polar surface area (TPSA) is 64.9 Å². The van der Waals surface area contributed by atoms with Crippen molar-refractivity contribution in [2.45, 2.75) is 26.8 Å². The molecule has 1 amide bonds. The van der Waals surface area contributed by atoms with E-state index < -0.39 is 0 Å². The minimum atomic E-state index is -0.0769. The molecule has 1 aliphatic heterocycles. The number of imidazole rings is 1. The molecule has 4 aromatic rings. The van der Waals surface area contributed by atoms with Crippen LogP contribution in [0.5, 0.6) is 0 Å². The van der Waals surface area contributed by atoms with Gasteiger partial charge in [-0.25, -0.2) is 4.98 Å². The molecule has 2 aromatic carbocycles. The number of pyridine rings is 1. The molecule has 180 valence electrons. The lowest BCUT2D eigenvalue weighted by atomic mass is 10.1. The lowest BCUT2D eigenvalue weighted by Crippen LogP contribution is -2.48. The van der Waals surface area contributed by atoms with Gasteiger partial charge in [0.05, 0.1) is 11.4 Å². The number of benzene rings is 2. The first-order chi connectivity index (χ1) is 17.0. The summed E-state index contributed by atoms with van der Waals surface area (Å²) in [6.45, 7) is 10.4. The van der Waals surface area contributed by atoms with E-state index in [1.54, 1.807) is 0 Å². The number of piperazine rings is 1. The fourth-order valence-corrected chi connectivity index (χ4v) is 4.68. The van der Waals surface area contributed by atoms with Crippen LogP contribution in [0.4, 0.5) is 22.7 Å². The van der Waals surface area contributed by atoms with Gasteiger partial charge in [0.25, 0.3) is 0 Å². The maximum atomic E-state index is 11.3. The third kappa shape index (κ3) is 5.00. The van der Waals surface area contributed by atoms with Crippen LogP contribution in [-0.2, 0) is 4.79 Å². The van der Waals surface area contributed by atoms with E-state index in [0.717, 1.165) is 60.1 Å². The zero-order chi connectivity index (χ0) is 24.4. The number of hydrogen-bond acceptors (Lipinski definition) is 5. The fourth-order valence-electron chi connectivity index (χ4n) is 4.68. The molecule has 3 heterocycles. The zero-order valence-corrected chi connectivity index (χ0v) is 20.5. The van der Waals surface area contributed by atoms with Gasteiger partial charge in [0.2, 0.25) is 5.91 Å². The summed E-state index contributed by atoms with van der Waals surface area (Å²) in [6.07, 6.45) is 3.78. The average Bonchev–Trinajstić information content (AvgIpc) is 3.36. The van der Waals surface area contributed by atoms with Crippen LogP contribution < -0.4 is 15.5 Å². The van der Waals surface area contributed by atoms with Crippen molar-refractivity contribution < 1.29 is 4.79 Å². The van der Waals surface area contributed by atoms with E-state index in [1.165, 1.54) is 12.6 Å². The number of hydrogen-bond donors (Lipinski definition) is 2. The quantitative estimate of drug-likeness (QED) is 0.406. The lowest BCUT2D eigenvalue weighted by molar-refractivity contribution is -0.114. The Labute approximate surface area is 206 Å². The summed E-state index contributed by atoms with van der Waals surface area (Å²) in [6, 6.07) is 21.3.